The summed E-state index contributed by atoms with van der Waals surface area (Å²) in [6, 6.07) is 3.52. The number of H-pyrrole nitrogens is 1. The van der Waals surface area contributed by atoms with Crippen molar-refractivity contribution in [3.05, 3.63) is 24.4 Å². The number of hydrogen-bond acceptors (Lipinski definition) is 5. The molecule has 1 heterocycles. The highest BCUT2D eigenvalue weighted by Crippen LogP contribution is 2.27. The van der Waals surface area contributed by atoms with Gasteiger partial charge >= 0.3 is 0 Å². The fraction of sp³-hybridized carbons (Fsp3) is 0.100. The van der Waals surface area contributed by atoms with Crippen LogP contribution in [-0.4, -0.2) is 16.7 Å². The molecule has 2 rings (SSSR count). The molecule has 0 saturated carbocycles. The summed E-state index contributed by atoms with van der Waals surface area (Å²) >= 11 is 0. The van der Waals surface area contributed by atoms with E-state index in [1.165, 1.54) is 6.20 Å². The average molecular weight is 218 g/mol. The fourth-order valence-electron chi connectivity index (χ4n) is 1.53. The molecule has 6 heteroatoms. The first-order valence-corrected chi connectivity index (χ1v) is 4.86. The molecule has 0 aliphatic rings. The number of nitrogen functional groups attached to an aromatic ring is 2. The van der Waals surface area contributed by atoms with Crippen LogP contribution in [0, 0.1) is 0 Å². The number of fused-ring (bicyclic) bond motifs is 1. The molecular formula is C10H14N6. The number of aromatic amines is 1. The lowest BCUT2D eigenvalue weighted by molar-refractivity contribution is 1.10. The molecule has 0 atom stereocenters. The number of rotatable bonds is 3. The van der Waals surface area contributed by atoms with Crippen molar-refractivity contribution in [2.75, 3.05) is 23.3 Å². The van der Waals surface area contributed by atoms with Gasteiger partial charge in [-0.05, 0) is 24.4 Å². The summed E-state index contributed by atoms with van der Waals surface area (Å²) in [5.74, 6) is 0.715. The Kier molecular flexibility index (Phi) is 2.55. The Morgan fingerprint density at radius 1 is 1.38 bits per heavy atom. The third-order valence-corrected chi connectivity index (χ3v) is 2.25. The summed E-state index contributed by atoms with van der Waals surface area (Å²) in [6.45, 7) is 0.602. The molecule has 0 spiro atoms. The van der Waals surface area contributed by atoms with Crippen LogP contribution in [0.2, 0.25) is 0 Å². The van der Waals surface area contributed by atoms with Crippen LogP contribution >= 0.6 is 0 Å². The van der Waals surface area contributed by atoms with Crippen molar-refractivity contribution in [1.82, 2.24) is 10.2 Å². The van der Waals surface area contributed by atoms with Crippen molar-refractivity contribution in [3.8, 4) is 0 Å². The third kappa shape index (κ3) is 1.72. The lowest BCUT2D eigenvalue weighted by Crippen LogP contribution is -2.00. The monoisotopic (exact) mass is 218 g/mol. The number of benzene rings is 1. The van der Waals surface area contributed by atoms with E-state index in [2.05, 4.69) is 15.5 Å². The molecule has 0 bridgehead atoms. The second-order valence-electron chi connectivity index (χ2n) is 3.41. The Morgan fingerprint density at radius 3 is 2.94 bits per heavy atom. The van der Waals surface area contributed by atoms with E-state index < -0.39 is 0 Å². The minimum atomic E-state index is 0.588. The predicted octanol–water partition coefficient (Wildman–Crippen LogP) is 0.612. The molecule has 0 radical (unpaired) electrons. The molecule has 1 aromatic heterocycles. The molecule has 0 unspecified atom stereocenters. The molecule has 1 aromatic carbocycles. The SMILES string of the molecule is NC=CCNc1n[nH]c2c(N)cc(N)cc12. The van der Waals surface area contributed by atoms with E-state index in [0.29, 0.717) is 23.7 Å². The predicted molar refractivity (Wildman–Crippen MR) is 66.7 cm³/mol. The van der Waals surface area contributed by atoms with Crippen molar-refractivity contribution >= 4 is 28.1 Å². The van der Waals surface area contributed by atoms with E-state index in [1.54, 1.807) is 12.1 Å². The van der Waals surface area contributed by atoms with Crippen LogP contribution in [-0.2, 0) is 0 Å². The lowest BCUT2D eigenvalue weighted by Gasteiger charge is -2.01. The van der Waals surface area contributed by atoms with Crippen LogP contribution < -0.4 is 22.5 Å². The molecule has 6 nitrogen and oxygen atoms in total. The van der Waals surface area contributed by atoms with Gasteiger partial charge in [-0.25, -0.2) is 0 Å². The minimum Gasteiger partial charge on any atom is -0.405 e. The highest BCUT2D eigenvalue weighted by atomic mass is 15.2. The summed E-state index contributed by atoms with van der Waals surface area (Å²) in [6.07, 6.45) is 3.26. The van der Waals surface area contributed by atoms with Crippen molar-refractivity contribution in [1.29, 1.82) is 0 Å². The molecule has 16 heavy (non-hydrogen) atoms. The second kappa shape index (κ2) is 4.01. The molecule has 0 saturated heterocycles. The van der Waals surface area contributed by atoms with E-state index in [0.717, 1.165) is 10.9 Å². The van der Waals surface area contributed by atoms with E-state index in [1.807, 2.05) is 6.07 Å². The van der Waals surface area contributed by atoms with Crippen LogP contribution in [0.15, 0.2) is 24.4 Å². The Morgan fingerprint density at radius 2 is 2.19 bits per heavy atom. The maximum Gasteiger partial charge on any atom is 0.156 e. The lowest BCUT2D eigenvalue weighted by atomic mass is 10.2. The Hall–Kier alpha value is -2.37. The quantitative estimate of drug-likeness (QED) is 0.484. The molecule has 0 amide bonds. The topological polar surface area (TPSA) is 119 Å². The number of anilines is 3. The highest BCUT2D eigenvalue weighted by molar-refractivity contribution is 5.99. The largest absolute Gasteiger partial charge is 0.405 e. The van der Waals surface area contributed by atoms with Gasteiger partial charge in [-0.2, -0.15) is 5.10 Å². The summed E-state index contributed by atoms with van der Waals surface area (Å²) in [7, 11) is 0. The van der Waals surface area contributed by atoms with E-state index in [9.17, 15) is 0 Å². The Labute approximate surface area is 92.5 Å². The van der Waals surface area contributed by atoms with Gasteiger partial charge in [0.05, 0.1) is 11.2 Å². The summed E-state index contributed by atoms with van der Waals surface area (Å²) in [5, 5.41) is 11.0. The van der Waals surface area contributed by atoms with Gasteiger partial charge in [0.1, 0.15) is 0 Å². The van der Waals surface area contributed by atoms with Crippen LogP contribution in [0.25, 0.3) is 10.9 Å². The smallest absolute Gasteiger partial charge is 0.156 e. The van der Waals surface area contributed by atoms with Crippen LogP contribution in [0.4, 0.5) is 17.2 Å². The van der Waals surface area contributed by atoms with Gasteiger partial charge in [-0.15, -0.1) is 0 Å². The number of nitrogens with zero attached hydrogens (tertiary/aromatic N) is 1. The average Bonchev–Trinajstić information content (AvgIpc) is 2.62. The number of nitrogens with two attached hydrogens (primary N) is 3. The first kappa shape index (κ1) is 10.2. The summed E-state index contributed by atoms with van der Waals surface area (Å²) in [5.41, 5.74) is 18.8. The van der Waals surface area contributed by atoms with Gasteiger partial charge in [0, 0.05) is 17.6 Å². The summed E-state index contributed by atoms with van der Waals surface area (Å²) < 4.78 is 0. The zero-order chi connectivity index (χ0) is 11.5. The minimum absolute atomic E-state index is 0.588. The van der Waals surface area contributed by atoms with Crippen LogP contribution in [0.3, 0.4) is 0 Å². The number of nitrogens with one attached hydrogen (secondary N) is 2. The molecule has 84 valence electrons. The second-order valence-corrected chi connectivity index (χ2v) is 3.41. The standard InChI is InChI=1S/C10H14N6/c11-2-1-3-14-10-7-4-6(12)5-8(13)9(7)15-16-10/h1-2,4-5H,3,11-13H2,(H2,14,15,16). The molecule has 0 aliphatic carbocycles. The Balaban J connectivity index is 2.39. The van der Waals surface area contributed by atoms with E-state index >= 15 is 0 Å². The normalized spacial score (nSPS) is 11.2. The molecule has 8 N–H and O–H groups in total. The van der Waals surface area contributed by atoms with Gasteiger partial charge in [0.2, 0.25) is 0 Å². The molecule has 0 aliphatic heterocycles. The number of hydrogen-bond donors (Lipinski definition) is 5. The molecule has 2 aromatic rings. The van der Waals surface area contributed by atoms with E-state index in [-0.39, 0.29) is 0 Å². The zero-order valence-electron chi connectivity index (χ0n) is 8.70. The molecular weight excluding hydrogens is 204 g/mol. The molecule has 0 fully saturated rings. The maximum absolute atomic E-state index is 5.81. The van der Waals surface area contributed by atoms with Crippen molar-refractivity contribution in [2.24, 2.45) is 5.73 Å². The van der Waals surface area contributed by atoms with Crippen LogP contribution in [0.5, 0.6) is 0 Å². The highest BCUT2D eigenvalue weighted by Gasteiger charge is 2.07. The fourth-order valence-corrected chi connectivity index (χ4v) is 1.53. The first-order chi connectivity index (χ1) is 7.72. The third-order valence-electron chi connectivity index (χ3n) is 2.25. The van der Waals surface area contributed by atoms with Crippen molar-refractivity contribution < 1.29 is 0 Å². The maximum atomic E-state index is 5.81. The van der Waals surface area contributed by atoms with Gasteiger partial charge in [-0.1, -0.05) is 0 Å². The van der Waals surface area contributed by atoms with Crippen LogP contribution in [0.1, 0.15) is 0 Å². The van der Waals surface area contributed by atoms with Gasteiger partial charge in [0.25, 0.3) is 0 Å². The van der Waals surface area contributed by atoms with Gasteiger partial charge in [-0.3, -0.25) is 5.10 Å². The van der Waals surface area contributed by atoms with E-state index in [4.69, 9.17) is 17.2 Å². The number of aromatic nitrogens is 2. The van der Waals surface area contributed by atoms with Crippen molar-refractivity contribution in [3.63, 3.8) is 0 Å². The first-order valence-electron chi connectivity index (χ1n) is 4.86. The van der Waals surface area contributed by atoms with Gasteiger partial charge in [0.15, 0.2) is 5.82 Å². The zero-order valence-corrected chi connectivity index (χ0v) is 8.70. The van der Waals surface area contributed by atoms with Gasteiger partial charge < -0.3 is 22.5 Å². The summed E-state index contributed by atoms with van der Waals surface area (Å²) in [4.78, 5) is 0. The van der Waals surface area contributed by atoms with Crippen molar-refractivity contribution in [2.45, 2.75) is 0 Å². The Bertz CT molecular complexity index is 527.